The highest BCUT2D eigenvalue weighted by Crippen LogP contribution is 2.35. The number of ketones is 1. The molecule has 0 bridgehead atoms. The summed E-state index contributed by atoms with van der Waals surface area (Å²) < 4.78 is 13.3. The molecule has 6 nitrogen and oxygen atoms in total. The Morgan fingerprint density at radius 2 is 2.24 bits per heavy atom. The lowest BCUT2D eigenvalue weighted by Gasteiger charge is -2.31. The van der Waals surface area contributed by atoms with Crippen molar-refractivity contribution in [2.45, 2.75) is 32.5 Å². The van der Waals surface area contributed by atoms with Crippen LogP contribution >= 0.6 is 0 Å². The fourth-order valence-electron chi connectivity index (χ4n) is 2.31. The summed E-state index contributed by atoms with van der Waals surface area (Å²) in [4.78, 5) is 12.1. The molecule has 0 spiro atoms. The summed E-state index contributed by atoms with van der Waals surface area (Å²) in [5.41, 5.74) is 0.132. The molecule has 0 amide bonds. The molecule has 0 atom stereocenters. The molecule has 1 aliphatic rings. The molecule has 1 aliphatic heterocycles. The highest BCUT2D eigenvalue weighted by Gasteiger charge is 2.32. The SMILES string of the molecule is Cn1cnnc1COc1ccc2c(c1)OC(C)(C)CC2=O. The zero-order chi connectivity index (χ0) is 15.0. The van der Waals surface area contributed by atoms with Crippen LogP contribution in [0.4, 0.5) is 0 Å². The minimum atomic E-state index is -0.480. The van der Waals surface area contributed by atoms with Crippen LogP contribution in [0.1, 0.15) is 36.5 Å². The summed E-state index contributed by atoms with van der Waals surface area (Å²) in [6.45, 7) is 4.12. The van der Waals surface area contributed by atoms with E-state index in [2.05, 4.69) is 10.2 Å². The number of aryl methyl sites for hydroxylation is 1. The van der Waals surface area contributed by atoms with Crippen LogP contribution in [0.2, 0.25) is 0 Å². The average molecular weight is 287 g/mol. The standard InChI is InChI=1S/C15H17N3O3/c1-15(2)7-12(19)11-5-4-10(6-13(11)21-15)20-8-14-17-16-9-18(14)3/h4-6,9H,7-8H2,1-3H3. The van der Waals surface area contributed by atoms with E-state index in [1.807, 2.05) is 20.9 Å². The second kappa shape index (κ2) is 4.87. The lowest BCUT2D eigenvalue weighted by molar-refractivity contribution is 0.0618. The third kappa shape index (κ3) is 2.74. The van der Waals surface area contributed by atoms with Crippen LogP contribution in [0.15, 0.2) is 24.5 Å². The first-order chi connectivity index (χ1) is 9.94. The number of hydrogen-bond acceptors (Lipinski definition) is 5. The van der Waals surface area contributed by atoms with Gasteiger partial charge in [-0.3, -0.25) is 4.79 Å². The van der Waals surface area contributed by atoms with Gasteiger partial charge >= 0.3 is 0 Å². The number of aromatic nitrogens is 3. The largest absolute Gasteiger partial charge is 0.486 e. The number of rotatable bonds is 3. The number of hydrogen-bond donors (Lipinski definition) is 0. The van der Waals surface area contributed by atoms with Crippen molar-refractivity contribution in [1.29, 1.82) is 0 Å². The van der Waals surface area contributed by atoms with Crippen LogP contribution in [0.3, 0.4) is 0 Å². The first-order valence-electron chi connectivity index (χ1n) is 6.76. The predicted molar refractivity (Wildman–Crippen MR) is 75.4 cm³/mol. The van der Waals surface area contributed by atoms with Crippen molar-refractivity contribution in [3.63, 3.8) is 0 Å². The Hall–Kier alpha value is -2.37. The van der Waals surface area contributed by atoms with Gasteiger partial charge in [-0.25, -0.2) is 0 Å². The molecule has 6 heteroatoms. The van der Waals surface area contributed by atoms with E-state index in [1.165, 1.54) is 0 Å². The van der Waals surface area contributed by atoms with Crippen LogP contribution in [0, 0.1) is 0 Å². The van der Waals surface area contributed by atoms with Crippen molar-refractivity contribution in [3.8, 4) is 11.5 Å². The number of Topliss-reactive ketones (excluding diaryl/α,β-unsaturated/α-hetero) is 1. The van der Waals surface area contributed by atoms with Gasteiger partial charge in [0.25, 0.3) is 0 Å². The van der Waals surface area contributed by atoms with Crippen LogP contribution in [-0.2, 0) is 13.7 Å². The molecule has 1 aromatic carbocycles. The van der Waals surface area contributed by atoms with E-state index in [9.17, 15) is 4.79 Å². The quantitative estimate of drug-likeness (QED) is 0.865. The second-order valence-corrected chi connectivity index (χ2v) is 5.77. The van der Waals surface area contributed by atoms with Gasteiger partial charge < -0.3 is 14.0 Å². The van der Waals surface area contributed by atoms with Gasteiger partial charge in [-0.05, 0) is 26.0 Å². The van der Waals surface area contributed by atoms with E-state index in [1.54, 1.807) is 29.1 Å². The van der Waals surface area contributed by atoms with Crippen molar-refractivity contribution >= 4 is 5.78 Å². The minimum Gasteiger partial charge on any atom is -0.486 e. The van der Waals surface area contributed by atoms with Gasteiger partial charge in [-0.1, -0.05) is 0 Å². The van der Waals surface area contributed by atoms with Crippen LogP contribution in [0.5, 0.6) is 11.5 Å². The summed E-state index contributed by atoms with van der Waals surface area (Å²) in [5.74, 6) is 2.04. The lowest BCUT2D eigenvalue weighted by atomic mass is 9.93. The van der Waals surface area contributed by atoms with Crippen LogP contribution < -0.4 is 9.47 Å². The van der Waals surface area contributed by atoms with Gasteiger partial charge in [0.1, 0.15) is 30.0 Å². The van der Waals surface area contributed by atoms with Gasteiger partial charge in [-0.15, -0.1) is 10.2 Å². The third-order valence-electron chi connectivity index (χ3n) is 3.40. The highest BCUT2D eigenvalue weighted by molar-refractivity contribution is 6.00. The maximum atomic E-state index is 12.1. The number of ether oxygens (including phenoxy) is 2. The van der Waals surface area contributed by atoms with Gasteiger partial charge in [0.2, 0.25) is 0 Å². The van der Waals surface area contributed by atoms with E-state index < -0.39 is 5.60 Å². The predicted octanol–water partition coefficient (Wildman–Crippen LogP) is 2.14. The molecule has 1 aromatic heterocycles. The van der Waals surface area contributed by atoms with Gasteiger partial charge in [0.15, 0.2) is 11.6 Å². The molecule has 0 saturated carbocycles. The molecule has 0 N–H and O–H groups in total. The average Bonchev–Trinajstić information content (AvgIpc) is 2.80. The van der Waals surface area contributed by atoms with Crippen LogP contribution in [-0.4, -0.2) is 26.1 Å². The Morgan fingerprint density at radius 3 is 2.95 bits per heavy atom. The van der Waals surface area contributed by atoms with Crippen LogP contribution in [0.25, 0.3) is 0 Å². The van der Waals surface area contributed by atoms with E-state index in [0.717, 1.165) is 5.82 Å². The molecule has 2 aromatic rings. The summed E-state index contributed by atoms with van der Waals surface area (Å²) in [6.07, 6.45) is 2.01. The topological polar surface area (TPSA) is 66.2 Å². The van der Waals surface area contributed by atoms with Crippen molar-refractivity contribution in [1.82, 2.24) is 14.8 Å². The zero-order valence-corrected chi connectivity index (χ0v) is 12.3. The molecule has 0 aliphatic carbocycles. The molecule has 21 heavy (non-hydrogen) atoms. The molecule has 110 valence electrons. The van der Waals surface area contributed by atoms with Crippen molar-refractivity contribution in [3.05, 3.63) is 35.9 Å². The molecular weight excluding hydrogens is 270 g/mol. The van der Waals surface area contributed by atoms with Crippen molar-refractivity contribution in [2.75, 3.05) is 0 Å². The van der Waals surface area contributed by atoms with Crippen molar-refractivity contribution in [2.24, 2.45) is 7.05 Å². The summed E-state index contributed by atoms with van der Waals surface area (Å²) >= 11 is 0. The number of carbonyl (C=O) groups excluding carboxylic acids is 1. The zero-order valence-electron chi connectivity index (χ0n) is 12.3. The highest BCUT2D eigenvalue weighted by atomic mass is 16.5. The number of benzene rings is 1. The summed E-state index contributed by atoms with van der Waals surface area (Å²) in [6, 6.07) is 5.28. The maximum absolute atomic E-state index is 12.1. The normalized spacial score (nSPS) is 16.2. The number of carbonyl (C=O) groups is 1. The Labute approximate surface area is 122 Å². The van der Waals surface area contributed by atoms with Gasteiger partial charge in [-0.2, -0.15) is 0 Å². The Balaban J connectivity index is 1.80. The first-order valence-corrected chi connectivity index (χ1v) is 6.76. The van der Waals surface area contributed by atoms with E-state index in [-0.39, 0.29) is 5.78 Å². The molecule has 2 heterocycles. The Morgan fingerprint density at radius 1 is 1.43 bits per heavy atom. The van der Waals surface area contributed by atoms with Gasteiger partial charge in [0.05, 0.1) is 12.0 Å². The Kier molecular flexibility index (Phi) is 3.16. The second-order valence-electron chi connectivity index (χ2n) is 5.77. The monoisotopic (exact) mass is 287 g/mol. The van der Waals surface area contributed by atoms with E-state index >= 15 is 0 Å². The third-order valence-corrected chi connectivity index (χ3v) is 3.40. The molecule has 0 saturated heterocycles. The molecular formula is C15H17N3O3. The van der Waals surface area contributed by atoms with Gasteiger partial charge in [0, 0.05) is 13.1 Å². The molecule has 0 fully saturated rings. The number of fused-ring (bicyclic) bond motifs is 1. The first kappa shape index (κ1) is 13.6. The molecule has 3 rings (SSSR count). The Bertz CT molecular complexity index is 691. The fourth-order valence-corrected chi connectivity index (χ4v) is 2.31. The molecule has 0 unspecified atom stereocenters. The minimum absolute atomic E-state index is 0.0982. The summed E-state index contributed by atoms with van der Waals surface area (Å²) in [7, 11) is 1.86. The van der Waals surface area contributed by atoms with E-state index in [0.29, 0.717) is 30.1 Å². The molecule has 0 radical (unpaired) electrons. The lowest BCUT2D eigenvalue weighted by Crippen LogP contribution is -2.35. The summed E-state index contributed by atoms with van der Waals surface area (Å²) in [5, 5.41) is 7.75. The van der Waals surface area contributed by atoms with E-state index in [4.69, 9.17) is 9.47 Å². The maximum Gasteiger partial charge on any atom is 0.170 e. The smallest absolute Gasteiger partial charge is 0.170 e. The fraction of sp³-hybridized carbons (Fsp3) is 0.400. The van der Waals surface area contributed by atoms with Crippen molar-refractivity contribution < 1.29 is 14.3 Å². The number of nitrogens with zero attached hydrogens (tertiary/aromatic N) is 3.